The highest BCUT2D eigenvalue weighted by molar-refractivity contribution is 9.10. The molecule has 18 heavy (non-hydrogen) atoms. The first-order chi connectivity index (χ1) is 8.59. The van der Waals surface area contributed by atoms with E-state index in [0.29, 0.717) is 12.0 Å². The van der Waals surface area contributed by atoms with E-state index in [1.54, 1.807) is 18.3 Å². The lowest BCUT2D eigenvalue weighted by atomic mass is 10.0. The van der Waals surface area contributed by atoms with Gasteiger partial charge in [-0.05, 0) is 18.6 Å². The number of aromatic nitrogens is 2. The molecule has 0 radical (unpaired) electrons. The van der Waals surface area contributed by atoms with Crippen LogP contribution in [-0.4, -0.2) is 9.55 Å². The number of hydrogen-bond donors (Lipinski definition) is 1. The lowest BCUT2D eigenvalue weighted by Crippen LogP contribution is -2.15. The van der Waals surface area contributed by atoms with Crippen molar-refractivity contribution in [2.45, 2.75) is 18.9 Å². The number of nitrogens with zero attached hydrogens (tertiary/aromatic N) is 2. The third-order valence-corrected chi connectivity index (χ3v) is 3.66. The molecule has 1 aromatic carbocycles. The highest BCUT2D eigenvalue weighted by Gasteiger charge is 2.15. The van der Waals surface area contributed by atoms with E-state index >= 15 is 0 Å². The van der Waals surface area contributed by atoms with Gasteiger partial charge in [-0.15, -0.1) is 0 Å². The van der Waals surface area contributed by atoms with Crippen molar-refractivity contribution < 1.29 is 4.39 Å². The van der Waals surface area contributed by atoms with Crippen molar-refractivity contribution >= 4 is 15.9 Å². The number of rotatable bonds is 4. The fourth-order valence-corrected chi connectivity index (χ4v) is 2.57. The first kappa shape index (κ1) is 13.2. The van der Waals surface area contributed by atoms with Gasteiger partial charge in [-0.3, -0.25) is 0 Å². The Hall–Kier alpha value is -1.20. The van der Waals surface area contributed by atoms with Crippen LogP contribution in [0.4, 0.5) is 4.39 Å². The van der Waals surface area contributed by atoms with Crippen molar-refractivity contribution in [3.05, 3.63) is 52.3 Å². The van der Waals surface area contributed by atoms with E-state index < -0.39 is 0 Å². The van der Waals surface area contributed by atoms with Gasteiger partial charge in [0.15, 0.2) is 0 Å². The summed E-state index contributed by atoms with van der Waals surface area (Å²) >= 11 is 3.34. The van der Waals surface area contributed by atoms with E-state index in [9.17, 15) is 4.39 Å². The predicted octanol–water partition coefficient (Wildman–Crippen LogP) is 2.95. The molecule has 3 nitrogen and oxygen atoms in total. The Bertz CT molecular complexity index is 519. The zero-order valence-corrected chi connectivity index (χ0v) is 11.7. The Kier molecular flexibility index (Phi) is 4.14. The molecule has 2 rings (SSSR count). The van der Waals surface area contributed by atoms with Crippen LogP contribution in [0, 0.1) is 5.82 Å². The molecule has 0 saturated carbocycles. The van der Waals surface area contributed by atoms with Crippen molar-refractivity contribution in [2.75, 3.05) is 0 Å². The fraction of sp³-hybridized carbons (Fsp3) is 0.308. The van der Waals surface area contributed by atoms with Crippen LogP contribution in [0.15, 0.2) is 35.1 Å². The van der Waals surface area contributed by atoms with Gasteiger partial charge in [0, 0.05) is 41.9 Å². The summed E-state index contributed by atoms with van der Waals surface area (Å²) in [6, 6.07) is 4.56. The van der Waals surface area contributed by atoms with E-state index in [0.717, 1.165) is 16.7 Å². The van der Waals surface area contributed by atoms with Crippen LogP contribution in [0.25, 0.3) is 0 Å². The Morgan fingerprint density at radius 3 is 2.89 bits per heavy atom. The highest BCUT2D eigenvalue weighted by atomic mass is 79.9. The van der Waals surface area contributed by atoms with E-state index in [1.165, 1.54) is 6.07 Å². The third-order valence-electron chi connectivity index (χ3n) is 2.97. The molecule has 0 amide bonds. The number of hydrogen-bond acceptors (Lipinski definition) is 2. The van der Waals surface area contributed by atoms with E-state index in [4.69, 9.17) is 5.73 Å². The van der Waals surface area contributed by atoms with Crippen molar-refractivity contribution in [1.29, 1.82) is 0 Å². The molecule has 2 N–H and O–H groups in total. The molecule has 0 aliphatic carbocycles. The summed E-state index contributed by atoms with van der Waals surface area (Å²) in [6.45, 7) is 0. The van der Waals surface area contributed by atoms with Gasteiger partial charge in [0.25, 0.3) is 0 Å². The molecule has 5 heteroatoms. The van der Waals surface area contributed by atoms with Crippen LogP contribution in [0.3, 0.4) is 0 Å². The number of aryl methyl sites for hydroxylation is 2. The molecule has 2 aromatic rings. The maximum Gasteiger partial charge on any atom is 0.129 e. The molecule has 0 spiro atoms. The van der Waals surface area contributed by atoms with Crippen molar-refractivity contribution in [2.24, 2.45) is 12.8 Å². The normalized spacial score (nSPS) is 12.7. The molecular weight excluding hydrogens is 297 g/mol. The molecule has 1 unspecified atom stereocenters. The molecule has 0 fully saturated rings. The fourth-order valence-electron chi connectivity index (χ4n) is 1.93. The maximum absolute atomic E-state index is 13.7. The quantitative estimate of drug-likeness (QED) is 0.943. The van der Waals surface area contributed by atoms with Gasteiger partial charge in [-0.1, -0.05) is 22.0 Å². The number of nitrogens with two attached hydrogens (primary N) is 1. The van der Waals surface area contributed by atoms with Gasteiger partial charge in [0.05, 0.1) is 0 Å². The van der Waals surface area contributed by atoms with Gasteiger partial charge in [0.2, 0.25) is 0 Å². The van der Waals surface area contributed by atoms with Crippen LogP contribution in [0.5, 0.6) is 0 Å². The average Bonchev–Trinajstić information content (AvgIpc) is 2.72. The van der Waals surface area contributed by atoms with Gasteiger partial charge < -0.3 is 10.3 Å². The average molecular weight is 312 g/mol. The minimum atomic E-state index is -0.336. The lowest BCUT2D eigenvalue weighted by molar-refractivity contribution is 0.553. The van der Waals surface area contributed by atoms with Gasteiger partial charge in [-0.2, -0.15) is 0 Å². The molecule has 0 saturated heterocycles. The van der Waals surface area contributed by atoms with Crippen LogP contribution in [-0.2, 0) is 13.5 Å². The van der Waals surface area contributed by atoms with Crippen LogP contribution >= 0.6 is 15.9 Å². The minimum Gasteiger partial charge on any atom is -0.338 e. The SMILES string of the molecule is Cn1ccnc1CCC(N)c1c(F)cccc1Br. The van der Waals surface area contributed by atoms with Crippen molar-refractivity contribution in [3.63, 3.8) is 0 Å². The lowest BCUT2D eigenvalue weighted by Gasteiger charge is -2.14. The first-order valence-electron chi connectivity index (χ1n) is 5.75. The van der Waals surface area contributed by atoms with Crippen molar-refractivity contribution in [3.8, 4) is 0 Å². The van der Waals surface area contributed by atoms with Crippen LogP contribution < -0.4 is 5.73 Å². The largest absolute Gasteiger partial charge is 0.338 e. The second kappa shape index (κ2) is 5.63. The van der Waals surface area contributed by atoms with Crippen molar-refractivity contribution in [1.82, 2.24) is 9.55 Å². The summed E-state index contributed by atoms with van der Waals surface area (Å²) in [4.78, 5) is 4.23. The van der Waals surface area contributed by atoms with Crippen LogP contribution in [0.1, 0.15) is 23.9 Å². The molecule has 1 heterocycles. The van der Waals surface area contributed by atoms with Gasteiger partial charge in [-0.25, -0.2) is 9.37 Å². The van der Waals surface area contributed by atoms with E-state index in [2.05, 4.69) is 20.9 Å². The summed E-state index contributed by atoms with van der Waals surface area (Å²) in [5.74, 6) is 0.689. The monoisotopic (exact) mass is 311 g/mol. The minimum absolute atomic E-state index is 0.267. The highest BCUT2D eigenvalue weighted by Crippen LogP contribution is 2.27. The van der Waals surface area contributed by atoms with Crippen LogP contribution in [0.2, 0.25) is 0 Å². The Morgan fingerprint density at radius 1 is 1.50 bits per heavy atom. The molecule has 0 bridgehead atoms. The molecule has 1 aromatic heterocycles. The van der Waals surface area contributed by atoms with Gasteiger partial charge in [0.1, 0.15) is 11.6 Å². The summed E-state index contributed by atoms with van der Waals surface area (Å²) in [6.07, 6.45) is 5.02. The van der Waals surface area contributed by atoms with E-state index in [1.807, 2.05) is 17.8 Å². The molecule has 96 valence electrons. The Labute approximate surface area is 114 Å². The summed E-state index contributed by atoms with van der Waals surface area (Å²) < 4.78 is 16.4. The Balaban J connectivity index is 2.08. The van der Waals surface area contributed by atoms with Gasteiger partial charge >= 0.3 is 0 Å². The first-order valence-corrected chi connectivity index (χ1v) is 6.54. The summed E-state index contributed by atoms with van der Waals surface area (Å²) in [5.41, 5.74) is 6.59. The number of halogens is 2. The zero-order valence-electron chi connectivity index (χ0n) is 10.1. The second-order valence-electron chi connectivity index (χ2n) is 4.23. The topological polar surface area (TPSA) is 43.8 Å². The van der Waals surface area contributed by atoms with E-state index in [-0.39, 0.29) is 11.9 Å². The third kappa shape index (κ3) is 2.79. The maximum atomic E-state index is 13.7. The summed E-state index contributed by atoms with van der Waals surface area (Å²) in [5, 5.41) is 0. The molecule has 0 aliphatic rings. The molecule has 1 atom stereocenters. The number of imidazole rings is 1. The molecular formula is C13H15BrFN3. The summed E-state index contributed by atoms with van der Waals surface area (Å²) in [7, 11) is 1.94. The second-order valence-corrected chi connectivity index (χ2v) is 5.09. The predicted molar refractivity (Wildman–Crippen MR) is 72.6 cm³/mol. The molecule has 0 aliphatic heterocycles. The Morgan fingerprint density at radius 2 is 2.28 bits per heavy atom. The smallest absolute Gasteiger partial charge is 0.129 e. The number of benzene rings is 1. The zero-order chi connectivity index (χ0) is 13.1. The standard InChI is InChI=1S/C13H15BrFN3/c1-18-8-7-17-12(18)6-5-11(16)13-9(14)3-2-4-10(13)15/h2-4,7-8,11H,5-6,16H2,1H3.